The normalized spacial score (nSPS) is 12.6. The maximum Gasteiger partial charge on any atom is 0.228 e. The standard InChI is InChI=1S/C14H18BrN3OS/c1-3-10(16-2)8-14-17-13(18-19-14)9-20-12-7-5-4-6-11(12)15/h4-7,10,16H,3,8-9H2,1-2H3. The molecule has 0 amide bonds. The predicted octanol–water partition coefficient (Wildman–Crippen LogP) is 3.66. The van der Waals surface area contributed by atoms with Crippen molar-refractivity contribution < 1.29 is 4.52 Å². The number of halogens is 1. The molecule has 0 aliphatic rings. The second-order valence-electron chi connectivity index (χ2n) is 4.42. The first-order chi connectivity index (χ1) is 9.72. The molecular formula is C14H18BrN3OS. The van der Waals surface area contributed by atoms with Crippen LogP contribution in [0.15, 0.2) is 38.2 Å². The molecule has 1 aromatic heterocycles. The number of likely N-dealkylation sites (N-methyl/N-ethyl adjacent to an activating group) is 1. The molecule has 0 fully saturated rings. The minimum atomic E-state index is 0.388. The van der Waals surface area contributed by atoms with Crippen molar-refractivity contribution in [1.82, 2.24) is 15.5 Å². The third kappa shape index (κ3) is 4.33. The highest BCUT2D eigenvalue weighted by atomic mass is 79.9. The van der Waals surface area contributed by atoms with E-state index in [9.17, 15) is 0 Å². The van der Waals surface area contributed by atoms with Crippen molar-refractivity contribution in [3.05, 3.63) is 40.5 Å². The summed E-state index contributed by atoms with van der Waals surface area (Å²) in [7, 11) is 1.95. The number of thioether (sulfide) groups is 1. The van der Waals surface area contributed by atoms with E-state index >= 15 is 0 Å². The molecule has 1 atom stereocenters. The Bertz CT molecular complexity index is 543. The number of rotatable bonds is 7. The van der Waals surface area contributed by atoms with Crippen LogP contribution in [-0.2, 0) is 12.2 Å². The molecule has 2 rings (SSSR count). The van der Waals surface area contributed by atoms with Crippen LogP contribution in [-0.4, -0.2) is 23.2 Å². The average Bonchev–Trinajstić information content (AvgIpc) is 2.91. The number of aromatic nitrogens is 2. The van der Waals surface area contributed by atoms with Gasteiger partial charge in [0.05, 0.1) is 5.75 Å². The van der Waals surface area contributed by atoms with Crippen LogP contribution in [0, 0.1) is 0 Å². The van der Waals surface area contributed by atoms with Crippen LogP contribution in [0.1, 0.15) is 25.1 Å². The van der Waals surface area contributed by atoms with Crippen molar-refractivity contribution in [3.8, 4) is 0 Å². The summed E-state index contributed by atoms with van der Waals surface area (Å²) in [5.74, 6) is 2.16. The average molecular weight is 356 g/mol. The summed E-state index contributed by atoms with van der Waals surface area (Å²) in [6.07, 6.45) is 1.82. The molecule has 0 radical (unpaired) electrons. The Morgan fingerprint density at radius 1 is 1.40 bits per heavy atom. The van der Waals surface area contributed by atoms with E-state index in [1.807, 2.05) is 25.2 Å². The summed E-state index contributed by atoms with van der Waals surface area (Å²) < 4.78 is 6.38. The summed E-state index contributed by atoms with van der Waals surface area (Å²) in [6, 6.07) is 8.52. The Hall–Kier alpha value is -0.850. The van der Waals surface area contributed by atoms with Gasteiger partial charge in [0.2, 0.25) is 5.89 Å². The van der Waals surface area contributed by atoms with Gasteiger partial charge in [-0.3, -0.25) is 0 Å². The molecule has 1 N–H and O–H groups in total. The number of hydrogen-bond acceptors (Lipinski definition) is 5. The Kier molecular flexibility index (Phi) is 6.06. The van der Waals surface area contributed by atoms with E-state index in [-0.39, 0.29) is 0 Å². The summed E-state index contributed by atoms with van der Waals surface area (Å²) in [6.45, 7) is 2.14. The molecule has 0 aliphatic carbocycles. The first-order valence-corrected chi connectivity index (χ1v) is 8.36. The fourth-order valence-electron chi connectivity index (χ4n) is 1.80. The van der Waals surface area contributed by atoms with E-state index in [1.165, 1.54) is 4.90 Å². The molecule has 108 valence electrons. The van der Waals surface area contributed by atoms with Crippen LogP contribution in [0.5, 0.6) is 0 Å². The Labute approximate surface area is 131 Å². The summed E-state index contributed by atoms with van der Waals surface area (Å²) in [5, 5.41) is 7.27. The lowest BCUT2D eigenvalue weighted by molar-refractivity contribution is 0.356. The SMILES string of the molecule is CCC(Cc1nc(CSc2ccccc2Br)no1)NC. The maximum atomic E-state index is 5.29. The monoisotopic (exact) mass is 355 g/mol. The number of nitrogens with zero attached hydrogens (tertiary/aromatic N) is 2. The van der Waals surface area contributed by atoms with Gasteiger partial charge < -0.3 is 9.84 Å². The fraction of sp³-hybridized carbons (Fsp3) is 0.429. The molecule has 0 bridgehead atoms. The lowest BCUT2D eigenvalue weighted by atomic mass is 10.1. The number of benzene rings is 1. The molecular weight excluding hydrogens is 338 g/mol. The Morgan fingerprint density at radius 2 is 2.20 bits per heavy atom. The molecule has 0 spiro atoms. The van der Waals surface area contributed by atoms with Crippen molar-refractivity contribution in [3.63, 3.8) is 0 Å². The van der Waals surface area contributed by atoms with Crippen LogP contribution < -0.4 is 5.32 Å². The Morgan fingerprint density at radius 3 is 2.90 bits per heavy atom. The summed E-state index contributed by atoms with van der Waals surface area (Å²) in [5.41, 5.74) is 0. The third-order valence-corrected chi connectivity index (χ3v) is 5.05. The van der Waals surface area contributed by atoms with Crippen LogP contribution in [0.25, 0.3) is 0 Å². The van der Waals surface area contributed by atoms with E-state index in [0.717, 1.165) is 23.1 Å². The molecule has 2 aromatic rings. The van der Waals surface area contributed by atoms with Gasteiger partial charge in [-0.25, -0.2) is 0 Å². The zero-order chi connectivity index (χ0) is 14.4. The first kappa shape index (κ1) is 15.5. The highest BCUT2D eigenvalue weighted by molar-refractivity contribution is 9.10. The highest BCUT2D eigenvalue weighted by Gasteiger charge is 2.12. The van der Waals surface area contributed by atoms with Gasteiger partial charge in [0.25, 0.3) is 0 Å². The fourth-order valence-corrected chi connectivity index (χ4v) is 3.21. The van der Waals surface area contributed by atoms with E-state index in [4.69, 9.17) is 4.52 Å². The lowest BCUT2D eigenvalue weighted by Crippen LogP contribution is -2.26. The maximum absolute atomic E-state index is 5.29. The van der Waals surface area contributed by atoms with E-state index < -0.39 is 0 Å². The molecule has 1 aromatic carbocycles. The largest absolute Gasteiger partial charge is 0.339 e. The van der Waals surface area contributed by atoms with Gasteiger partial charge >= 0.3 is 0 Å². The molecule has 4 nitrogen and oxygen atoms in total. The van der Waals surface area contributed by atoms with Gasteiger partial charge in [-0.1, -0.05) is 24.2 Å². The van der Waals surface area contributed by atoms with Gasteiger partial charge in [-0.15, -0.1) is 11.8 Å². The van der Waals surface area contributed by atoms with Gasteiger partial charge in [0.15, 0.2) is 5.82 Å². The van der Waals surface area contributed by atoms with Gasteiger partial charge in [-0.2, -0.15) is 4.98 Å². The second-order valence-corrected chi connectivity index (χ2v) is 6.29. The van der Waals surface area contributed by atoms with Crippen LogP contribution in [0.4, 0.5) is 0 Å². The van der Waals surface area contributed by atoms with E-state index in [1.54, 1.807) is 11.8 Å². The number of hydrogen-bond donors (Lipinski definition) is 1. The minimum absolute atomic E-state index is 0.388. The van der Waals surface area contributed by atoms with Crippen molar-refractivity contribution in [2.75, 3.05) is 7.05 Å². The molecule has 1 heterocycles. The van der Waals surface area contributed by atoms with Crippen LogP contribution >= 0.6 is 27.7 Å². The number of nitrogens with one attached hydrogen (secondary N) is 1. The van der Waals surface area contributed by atoms with Gasteiger partial charge in [-0.05, 0) is 41.5 Å². The van der Waals surface area contributed by atoms with Crippen molar-refractivity contribution in [2.45, 2.75) is 36.5 Å². The quantitative estimate of drug-likeness (QED) is 0.768. The Balaban J connectivity index is 1.91. The van der Waals surface area contributed by atoms with Crippen molar-refractivity contribution in [1.29, 1.82) is 0 Å². The summed E-state index contributed by atoms with van der Waals surface area (Å²) >= 11 is 5.23. The van der Waals surface area contributed by atoms with Crippen molar-refractivity contribution >= 4 is 27.7 Å². The van der Waals surface area contributed by atoms with Gasteiger partial charge in [0.1, 0.15) is 0 Å². The van der Waals surface area contributed by atoms with Gasteiger partial charge in [0, 0.05) is 21.8 Å². The molecule has 6 heteroatoms. The highest BCUT2D eigenvalue weighted by Crippen LogP contribution is 2.28. The van der Waals surface area contributed by atoms with Crippen molar-refractivity contribution in [2.24, 2.45) is 0 Å². The summed E-state index contributed by atoms with van der Waals surface area (Å²) in [4.78, 5) is 5.62. The first-order valence-electron chi connectivity index (χ1n) is 6.59. The molecule has 20 heavy (non-hydrogen) atoms. The third-order valence-electron chi connectivity index (χ3n) is 3.03. The molecule has 1 unspecified atom stereocenters. The van der Waals surface area contributed by atoms with Crippen LogP contribution in [0.2, 0.25) is 0 Å². The predicted molar refractivity (Wildman–Crippen MR) is 84.8 cm³/mol. The van der Waals surface area contributed by atoms with Crippen LogP contribution in [0.3, 0.4) is 0 Å². The molecule has 0 saturated carbocycles. The zero-order valence-electron chi connectivity index (χ0n) is 11.6. The zero-order valence-corrected chi connectivity index (χ0v) is 14.0. The minimum Gasteiger partial charge on any atom is -0.339 e. The topological polar surface area (TPSA) is 51.0 Å². The second kappa shape index (κ2) is 7.81. The van der Waals surface area contributed by atoms with E-state index in [0.29, 0.717) is 17.7 Å². The smallest absolute Gasteiger partial charge is 0.228 e. The lowest BCUT2D eigenvalue weighted by Gasteiger charge is -2.09. The molecule has 0 saturated heterocycles. The van der Waals surface area contributed by atoms with E-state index in [2.05, 4.69) is 44.4 Å². The molecule has 0 aliphatic heterocycles.